The SMILES string of the molecule is CNC(=O)NCCC[C@@](O)(c1cccc(Cl)c1)[C@@H]1CCCNC1.COCCCO[C@@H](c1ccccc1-c1ccccc1)[C@@H]1CCCNC1. The number of ether oxygens (including phenoxy) is 2. The molecule has 2 fully saturated rings. The summed E-state index contributed by atoms with van der Waals surface area (Å²) in [5, 5.41) is 24.3. The second-order valence-electron chi connectivity index (χ2n) is 12.8. The van der Waals surface area contributed by atoms with Gasteiger partial charge in [0.1, 0.15) is 0 Å². The summed E-state index contributed by atoms with van der Waals surface area (Å²) in [6, 6.07) is 26.6. The van der Waals surface area contributed by atoms with Gasteiger partial charge in [0, 0.05) is 63.9 Å². The first kappa shape index (κ1) is 37.8. The number of amides is 2. The van der Waals surface area contributed by atoms with Gasteiger partial charge in [-0.2, -0.15) is 0 Å². The Bertz CT molecular complexity index is 1350. The third-order valence-electron chi connectivity index (χ3n) is 9.45. The normalized spacial score (nSPS) is 19.7. The second kappa shape index (κ2) is 20.5. The van der Waals surface area contributed by atoms with Crippen LogP contribution in [-0.4, -0.2) is 71.2 Å². The number of carbonyl (C=O) groups excluding carboxylic acids is 1. The van der Waals surface area contributed by atoms with Crippen molar-refractivity contribution in [1.82, 2.24) is 21.3 Å². The Morgan fingerprint density at radius 3 is 2.40 bits per heavy atom. The van der Waals surface area contributed by atoms with E-state index in [4.69, 9.17) is 21.1 Å². The number of methoxy groups -OCH3 is 1. The van der Waals surface area contributed by atoms with Crippen molar-refractivity contribution < 1.29 is 19.4 Å². The highest BCUT2D eigenvalue weighted by Crippen LogP contribution is 2.39. The number of halogens is 1. The first-order valence-corrected chi connectivity index (χ1v) is 17.9. The molecule has 9 heteroatoms. The first-order valence-electron chi connectivity index (χ1n) is 17.6. The Morgan fingerprint density at radius 2 is 1.71 bits per heavy atom. The number of hydrogen-bond donors (Lipinski definition) is 5. The van der Waals surface area contributed by atoms with E-state index < -0.39 is 5.60 Å². The van der Waals surface area contributed by atoms with Crippen LogP contribution in [0.15, 0.2) is 78.9 Å². The van der Waals surface area contributed by atoms with Gasteiger partial charge in [-0.25, -0.2) is 4.79 Å². The van der Waals surface area contributed by atoms with Crippen LogP contribution in [0.25, 0.3) is 11.1 Å². The second-order valence-corrected chi connectivity index (χ2v) is 13.2. The summed E-state index contributed by atoms with van der Waals surface area (Å²) in [6.07, 6.45) is 6.82. The zero-order valence-electron chi connectivity index (χ0n) is 28.7. The van der Waals surface area contributed by atoms with Crippen molar-refractivity contribution in [2.45, 2.75) is 56.7 Å². The lowest BCUT2D eigenvalue weighted by molar-refractivity contribution is -0.0419. The van der Waals surface area contributed by atoms with E-state index in [1.54, 1.807) is 14.2 Å². The van der Waals surface area contributed by atoms with Crippen molar-refractivity contribution in [1.29, 1.82) is 0 Å². The van der Waals surface area contributed by atoms with Crippen LogP contribution in [0.5, 0.6) is 0 Å². The van der Waals surface area contributed by atoms with E-state index in [-0.39, 0.29) is 18.1 Å². The molecule has 2 aliphatic heterocycles. The molecule has 262 valence electrons. The predicted molar refractivity (Wildman–Crippen MR) is 195 cm³/mol. The lowest BCUT2D eigenvalue weighted by Gasteiger charge is -2.39. The Balaban J connectivity index is 0.000000218. The molecule has 5 rings (SSSR count). The number of carbonyl (C=O) groups is 1. The van der Waals surface area contributed by atoms with Crippen molar-refractivity contribution in [3.8, 4) is 11.1 Å². The van der Waals surface area contributed by atoms with Crippen molar-refractivity contribution in [2.24, 2.45) is 11.8 Å². The number of piperidine rings is 2. The maximum atomic E-state index is 11.4. The van der Waals surface area contributed by atoms with E-state index in [1.807, 2.05) is 24.3 Å². The van der Waals surface area contributed by atoms with Crippen molar-refractivity contribution in [3.63, 3.8) is 0 Å². The Morgan fingerprint density at radius 1 is 0.958 bits per heavy atom. The van der Waals surface area contributed by atoms with Gasteiger partial charge < -0.3 is 35.8 Å². The fourth-order valence-electron chi connectivity index (χ4n) is 6.91. The molecule has 2 amide bonds. The average Bonchev–Trinajstić information content (AvgIpc) is 3.14. The van der Waals surface area contributed by atoms with Gasteiger partial charge in [0.05, 0.1) is 11.7 Å². The van der Waals surface area contributed by atoms with Gasteiger partial charge in [0.2, 0.25) is 0 Å². The van der Waals surface area contributed by atoms with Gasteiger partial charge in [-0.05, 0) is 92.4 Å². The number of hydrogen-bond acceptors (Lipinski definition) is 6. The molecule has 2 heterocycles. The summed E-state index contributed by atoms with van der Waals surface area (Å²) in [5.41, 5.74) is 3.78. The molecule has 0 bridgehead atoms. The maximum absolute atomic E-state index is 11.4. The highest BCUT2D eigenvalue weighted by Gasteiger charge is 2.38. The maximum Gasteiger partial charge on any atom is 0.314 e. The number of urea groups is 1. The molecule has 3 aromatic rings. The molecular weight excluding hydrogens is 624 g/mol. The summed E-state index contributed by atoms with van der Waals surface area (Å²) in [6.45, 7) is 5.95. The molecule has 48 heavy (non-hydrogen) atoms. The van der Waals surface area contributed by atoms with Crippen LogP contribution >= 0.6 is 11.6 Å². The molecule has 0 aliphatic carbocycles. The van der Waals surface area contributed by atoms with Gasteiger partial charge in [0.25, 0.3) is 0 Å². The van der Waals surface area contributed by atoms with Crippen LogP contribution in [0, 0.1) is 11.8 Å². The van der Waals surface area contributed by atoms with Crippen LogP contribution in [0.3, 0.4) is 0 Å². The molecule has 2 saturated heterocycles. The molecule has 3 aromatic carbocycles. The average molecular weight is 679 g/mol. The largest absolute Gasteiger partial charge is 0.385 e. The van der Waals surface area contributed by atoms with Crippen molar-refractivity contribution >= 4 is 17.6 Å². The minimum absolute atomic E-state index is 0.126. The molecule has 8 nitrogen and oxygen atoms in total. The third kappa shape index (κ3) is 11.3. The predicted octanol–water partition coefficient (Wildman–Crippen LogP) is 6.68. The van der Waals surface area contributed by atoms with E-state index in [9.17, 15) is 9.90 Å². The van der Waals surface area contributed by atoms with Gasteiger partial charge in [-0.1, -0.05) is 78.3 Å². The Hall–Kier alpha value is -2.98. The molecule has 0 spiro atoms. The molecule has 0 radical (unpaired) electrons. The summed E-state index contributed by atoms with van der Waals surface area (Å²) in [7, 11) is 3.33. The van der Waals surface area contributed by atoms with Crippen molar-refractivity contribution in [3.05, 3.63) is 95.0 Å². The van der Waals surface area contributed by atoms with Crippen LogP contribution in [0.2, 0.25) is 5.02 Å². The minimum Gasteiger partial charge on any atom is -0.385 e. The summed E-state index contributed by atoms with van der Waals surface area (Å²) < 4.78 is 11.6. The molecule has 5 N–H and O–H groups in total. The molecule has 0 saturated carbocycles. The van der Waals surface area contributed by atoms with E-state index >= 15 is 0 Å². The van der Waals surface area contributed by atoms with Gasteiger partial charge in [-0.3, -0.25) is 0 Å². The summed E-state index contributed by atoms with van der Waals surface area (Å²) in [5.74, 6) is 0.663. The first-order chi connectivity index (χ1) is 23.5. The summed E-state index contributed by atoms with van der Waals surface area (Å²) >= 11 is 6.12. The highest BCUT2D eigenvalue weighted by molar-refractivity contribution is 6.30. The molecular formula is C39H55ClN4O4. The van der Waals surface area contributed by atoms with E-state index in [2.05, 4.69) is 75.9 Å². The van der Waals surface area contributed by atoms with Gasteiger partial charge in [-0.15, -0.1) is 0 Å². The van der Waals surface area contributed by atoms with Crippen LogP contribution in [0.4, 0.5) is 4.79 Å². The van der Waals surface area contributed by atoms with Gasteiger partial charge in [0.15, 0.2) is 0 Å². The molecule has 2 aliphatic rings. The standard InChI is InChI=1S/C22H29NO2.C17H26ClN3O2/c1-24-15-8-16-25-22(19-11-7-14-23-17-19)21-13-6-5-12-20(21)18-9-3-2-4-10-18;1-19-16(22)21-10-4-8-17(23,14-6-3-9-20-12-14)13-5-2-7-15(18)11-13/h2-6,9-10,12-13,19,22-23H,7-8,11,14-17H2,1H3;2,5,7,11,14,20,23H,3-4,6,8-10,12H2,1H3,(H2,19,21,22)/t19-,22-;14-,17-/m11/s1. The van der Waals surface area contributed by atoms with E-state index in [1.165, 1.54) is 29.5 Å². The number of nitrogens with one attached hydrogen (secondary N) is 4. The van der Waals surface area contributed by atoms with Crippen LogP contribution in [-0.2, 0) is 15.1 Å². The fraction of sp³-hybridized carbons (Fsp3) is 0.513. The topological polar surface area (TPSA) is 104 Å². The number of benzene rings is 3. The third-order valence-corrected chi connectivity index (χ3v) is 9.68. The zero-order valence-corrected chi connectivity index (χ0v) is 29.4. The summed E-state index contributed by atoms with van der Waals surface area (Å²) in [4.78, 5) is 11.2. The molecule has 0 unspecified atom stereocenters. The van der Waals surface area contributed by atoms with Crippen molar-refractivity contribution in [2.75, 3.05) is 60.1 Å². The van der Waals surface area contributed by atoms with E-state index in [0.717, 1.165) is 64.2 Å². The van der Waals surface area contributed by atoms with Gasteiger partial charge >= 0.3 is 6.03 Å². The zero-order chi connectivity index (χ0) is 34.0. The minimum atomic E-state index is -0.928. The smallest absolute Gasteiger partial charge is 0.314 e. The quantitative estimate of drug-likeness (QED) is 0.122. The Labute approximate surface area is 292 Å². The monoisotopic (exact) mass is 678 g/mol. The highest BCUT2D eigenvalue weighted by atomic mass is 35.5. The lowest BCUT2D eigenvalue weighted by atomic mass is 9.74. The van der Waals surface area contributed by atoms with Crippen LogP contribution < -0.4 is 21.3 Å². The number of aliphatic hydroxyl groups is 1. The Kier molecular flexibility index (Phi) is 16.2. The van der Waals surface area contributed by atoms with Crippen LogP contribution in [0.1, 0.15) is 62.2 Å². The molecule has 0 aromatic heterocycles. The number of rotatable bonds is 14. The molecule has 4 atom stereocenters. The lowest BCUT2D eigenvalue weighted by Crippen LogP contribution is -2.45. The fourth-order valence-corrected chi connectivity index (χ4v) is 7.10. The van der Waals surface area contributed by atoms with E-state index in [0.29, 0.717) is 30.3 Å².